The maximum atomic E-state index is 13.1. The van der Waals surface area contributed by atoms with Gasteiger partial charge in [0.2, 0.25) is 15.9 Å². The van der Waals surface area contributed by atoms with Crippen molar-refractivity contribution < 1.29 is 13.2 Å². The quantitative estimate of drug-likeness (QED) is 0.771. The molecule has 0 radical (unpaired) electrons. The van der Waals surface area contributed by atoms with Crippen molar-refractivity contribution in [2.45, 2.75) is 75.1 Å². The minimum atomic E-state index is -3.50. The van der Waals surface area contributed by atoms with Gasteiger partial charge < -0.3 is 5.32 Å². The van der Waals surface area contributed by atoms with E-state index in [9.17, 15) is 13.2 Å². The summed E-state index contributed by atoms with van der Waals surface area (Å²) in [4.78, 5) is 13.3. The van der Waals surface area contributed by atoms with Gasteiger partial charge in [-0.15, -0.1) is 0 Å². The van der Waals surface area contributed by atoms with Crippen molar-refractivity contribution in [1.82, 2.24) is 9.62 Å². The SMILES string of the molecule is Cc1cccc(S(=O)(=O)N2CCCC(CC(=O)NC34CC5CC(CC(C5)C3)C4)C2)c1. The number of nitrogens with one attached hydrogen (secondary N) is 1. The molecule has 1 aromatic rings. The number of carbonyl (C=O) groups is 1. The fourth-order valence-corrected chi connectivity index (χ4v) is 8.87. The molecule has 6 rings (SSSR count). The highest BCUT2D eigenvalue weighted by Crippen LogP contribution is 2.55. The number of aryl methyl sites for hydroxylation is 1. The van der Waals surface area contributed by atoms with Crippen molar-refractivity contribution in [2.75, 3.05) is 13.1 Å². The number of sulfonamides is 1. The van der Waals surface area contributed by atoms with E-state index in [-0.39, 0.29) is 17.4 Å². The zero-order valence-electron chi connectivity index (χ0n) is 18.0. The van der Waals surface area contributed by atoms with E-state index < -0.39 is 10.0 Å². The summed E-state index contributed by atoms with van der Waals surface area (Å²) >= 11 is 0. The number of hydrogen-bond acceptors (Lipinski definition) is 3. The van der Waals surface area contributed by atoms with Crippen LogP contribution in [0.25, 0.3) is 0 Å². The monoisotopic (exact) mass is 430 g/mol. The van der Waals surface area contributed by atoms with Gasteiger partial charge >= 0.3 is 0 Å². The lowest BCUT2D eigenvalue weighted by molar-refractivity contribution is -0.128. The van der Waals surface area contributed by atoms with Gasteiger partial charge in [-0.05, 0) is 99.7 Å². The summed E-state index contributed by atoms with van der Waals surface area (Å²) in [6.07, 6.45) is 9.75. The molecule has 1 aliphatic heterocycles. The van der Waals surface area contributed by atoms with Crippen LogP contribution in [-0.2, 0) is 14.8 Å². The Bertz CT molecular complexity index is 891. The Hall–Kier alpha value is -1.40. The van der Waals surface area contributed by atoms with Gasteiger partial charge in [-0.1, -0.05) is 12.1 Å². The molecule has 1 amide bonds. The summed E-state index contributed by atoms with van der Waals surface area (Å²) in [5.74, 6) is 2.66. The number of hydrogen-bond donors (Lipinski definition) is 1. The van der Waals surface area contributed by atoms with E-state index in [1.807, 2.05) is 13.0 Å². The lowest BCUT2D eigenvalue weighted by Gasteiger charge is -2.57. The molecule has 1 saturated heterocycles. The van der Waals surface area contributed by atoms with Crippen LogP contribution in [0.1, 0.15) is 63.4 Å². The lowest BCUT2D eigenvalue weighted by Crippen LogP contribution is -2.60. The molecule has 1 N–H and O–H groups in total. The minimum absolute atomic E-state index is 0.0355. The zero-order chi connectivity index (χ0) is 20.9. The molecule has 30 heavy (non-hydrogen) atoms. The summed E-state index contributed by atoms with van der Waals surface area (Å²) < 4.78 is 27.8. The van der Waals surface area contributed by atoms with Crippen LogP contribution in [0.3, 0.4) is 0 Å². The van der Waals surface area contributed by atoms with Crippen molar-refractivity contribution in [2.24, 2.45) is 23.7 Å². The third kappa shape index (κ3) is 3.93. The molecule has 5 nitrogen and oxygen atoms in total. The van der Waals surface area contributed by atoms with Crippen LogP contribution in [0.5, 0.6) is 0 Å². The Labute approximate surface area is 180 Å². The molecule has 5 fully saturated rings. The maximum Gasteiger partial charge on any atom is 0.243 e. The molecule has 0 spiro atoms. The zero-order valence-corrected chi connectivity index (χ0v) is 18.8. The van der Waals surface area contributed by atoms with Crippen molar-refractivity contribution in [3.63, 3.8) is 0 Å². The molecule has 1 heterocycles. The number of rotatable bonds is 5. The lowest BCUT2D eigenvalue weighted by atomic mass is 9.53. The normalized spacial score (nSPS) is 36.0. The van der Waals surface area contributed by atoms with E-state index in [0.717, 1.165) is 55.4 Å². The molecule has 5 aliphatic rings. The molecule has 4 aliphatic carbocycles. The summed E-state index contributed by atoms with van der Waals surface area (Å²) in [6.45, 7) is 2.90. The molecule has 4 saturated carbocycles. The third-order valence-corrected chi connectivity index (χ3v) is 9.89. The molecular weight excluding hydrogens is 396 g/mol. The van der Waals surface area contributed by atoms with Gasteiger partial charge in [-0.2, -0.15) is 4.31 Å². The maximum absolute atomic E-state index is 13.1. The largest absolute Gasteiger partial charge is 0.351 e. The van der Waals surface area contributed by atoms with E-state index in [1.54, 1.807) is 22.5 Å². The van der Waals surface area contributed by atoms with Crippen LogP contribution in [0.2, 0.25) is 0 Å². The topological polar surface area (TPSA) is 66.5 Å². The van der Waals surface area contributed by atoms with Crippen molar-refractivity contribution in [3.05, 3.63) is 29.8 Å². The van der Waals surface area contributed by atoms with Gasteiger partial charge in [0.15, 0.2) is 0 Å². The van der Waals surface area contributed by atoms with Gasteiger partial charge in [-0.3, -0.25) is 4.79 Å². The number of carbonyl (C=O) groups excluding carboxylic acids is 1. The molecular formula is C24H34N2O3S. The second-order valence-corrected chi connectivity index (χ2v) is 12.6. The van der Waals surface area contributed by atoms with Gasteiger partial charge in [0.1, 0.15) is 0 Å². The fourth-order valence-electron chi connectivity index (χ4n) is 7.21. The van der Waals surface area contributed by atoms with Gasteiger partial charge in [-0.25, -0.2) is 8.42 Å². The molecule has 6 heteroatoms. The number of benzene rings is 1. The highest BCUT2D eigenvalue weighted by Gasteiger charge is 2.51. The third-order valence-electron chi connectivity index (χ3n) is 8.03. The summed E-state index contributed by atoms with van der Waals surface area (Å²) in [7, 11) is -3.50. The number of nitrogens with zero attached hydrogens (tertiary/aromatic N) is 1. The Morgan fingerprint density at radius 3 is 2.43 bits per heavy atom. The van der Waals surface area contributed by atoms with Gasteiger partial charge in [0.05, 0.1) is 4.90 Å². The summed E-state index contributed by atoms with van der Waals surface area (Å²) in [6, 6.07) is 7.11. The summed E-state index contributed by atoms with van der Waals surface area (Å²) in [5, 5.41) is 3.46. The van der Waals surface area contributed by atoms with Gasteiger partial charge in [0, 0.05) is 25.0 Å². The molecule has 164 valence electrons. The fraction of sp³-hybridized carbons (Fsp3) is 0.708. The van der Waals surface area contributed by atoms with E-state index in [0.29, 0.717) is 24.4 Å². The Kier molecular flexibility index (Phi) is 5.21. The second-order valence-electron chi connectivity index (χ2n) is 10.6. The molecule has 1 aromatic carbocycles. The molecule has 1 atom stereocenters. The molecule has 0 aromatic heterocycles. The average Bonchev–Trinajstić information content (AvgIpc) is 2.66. The molecule has 4 bridgehead atoms. The first kappa shape index (κ1) is 20.5. The molecule has 1 unspecified atom stereocenters. The number of piperidine rings is 1. The first-order valence-electron chi connectivity index (χ1n) is 11.7. The van der Waals surface area contributed by atoms with E-state index in [1.165, 1.54) is 19.3 Å². The first-order valence-corrected chi connectivity index (χ1v) is 13.1. The van der Waals surface area contributed by atoms with E-state index >= 15 is 0 Å². The average molecular weight is 431 g/mol. The second kappa shape index (κ2) is 7.63. The van der Waals surface area contributed by atoms with Crippen LogP contribution < -0.4 is 5.32 Å². The minimum Gasteiger partial charge on any atom is -0.351 e. The Balaban J connectivity index is 1.22. The van der Waals surface area contributed by atoms with E-state index in [2.05, 4.69) is 5.32 Å². The van der Waals surface area contributed by atoms with Crippen molar-refractivity contribution in [1.29, 1.82) is 0 Å². The smallest absolute Gasteiger partial charge is 0.243 e. The van der Waals surface area contributed by atoms with Crippen molar-refractivity contribution in [3.8, 4) is 0 Å². The van der Waals surface area contributed by atoms with Crippen LogP contribution in [-0.4, -0.2) is 37.3 Å². The van der Waals surface area contributed by atoms with Crippen LogP contribution in [0.4, 0.5) is 0 Å². The van der Waals surface area contributed by atoms with Crippen LogP contribution in [0.15, 0.2) is 29.2 Å². The van der Waals surface area contributed by atoms with Crippen molar-refractivity contribution >= 4 is 15.9 Å². The Morgan fingerprint density at radius 2 is 1.80 bits per heavy atom. The summed E-state index contributed by atoms with van der Waals surface area (Å²) in [5.41, 5.74) is 0.980. The van der Waals surface area contributed by atoms with Gasteiger partial charge in [0.25, 0.3) is 0 Å². The van der Waals surface area contributed by atoms with Crippen LogP contribution in [0, 0.1) is 30.6 Å². The predicted molar refractivity (Wildman–Crippen MR) is 116 cm³/mol. The van der Waals surface area contributed by atoms with E-state index in [4.69, 9.17) is 0 Å². The Morgan fingerprint density at radius 1 is 1.13 bits per heavy atom. The number of amides is 1. The highest BCUT2D eigenvalue weighted by atomic mass is 32.2. The standard InChI is InChI=1S/C24H34N2O3S/c1-17-4-2-6-22(8-17)30(28,29)26-7-3-5-18(16-26)12-23(27)25-24-13-19-9-20(14-24)11-21(10-19)15-24/h2,4,6,8,18-21H,3,5,7,9-16H2,1H3,(H,25,27). The highest BCUT2D eigenvalue weighted by molar-refractivity contribution is 7.89. The predicted octanol–water partition coefficient (Wildman–Crippen LogP) is 3.87. The van der Waals surface area contributed by atoms with Crippen LogP contribution >= 0.6 is 0 Å². The first-order chi connectivity index (χ1) is 14.3.